The summed E-state index contributed by atoms with van der Waals surface area (Å²) in [4.78, 5) is 18.8. The van der Waals surface area contributed by atoms with Crippen molar-refractivity contribution in [1.29, 1.82) is 0 Å². The first kappa shape index (κ1) is 17.6. The number of likely N-dealkylation sites (tertiary alicyclic amines) is 1. The fourth-order valence-corrected chi connectivity index (χ4v) is 3.22. The van der Waals surface area contributed by atoms with Gasteiger partial charge in [-0.2, -0.15) is 4.98 Å². The van der Waals surface area contributed by atoms with Crippen molar-refractivity contribution in [2.75, 3.05) is 20.2 Å². The van der Waals surface area contributed by atoms with Gasteiger partial charge in [0.25, 0.3) is 0 Å². The maximum absolute atomic E-state index is 12.4. The Morgan fingerprint density at radius 1 is 1.40 bits per heavy atom. The van der Waals surface area contributed by atoms with Crippen LogP contribution in [0.15, 0.2) is 28.8 Å². The zero-order valence-corrected chi connectivity index (χ0v) is 14.7. The van der Waals surface area contributed by atoms with Gasteiger partial charge in [-0.15, -0.1) is 0 Å². The number of carbonyl (C=O) groups excluding carboxylic acids is 1. The first-order chi connectivity index (χ1) is 12.2. The van der Waals surface area contributed by atoms with E-state index in [0.29, 0.717) is 31.4 Å². The molecule has 7 nitrogen and oxygen atoms in total. The molecule has 1 aromatic carbocycles. The highest BCUT2D eigenvalue weighted by Gasteiger charge is 2.30. The summed E-state index contributed by atoms with van der Waals surface area (Å²) in [6, 6.07) is 8.02. The molecule has 1 N–H and O–H groups in total. The minimum atomic E-state index is -0.000614. The fraction of sp³-hybridized carbons (Fsp3) is 0.500. The molecule has 134 valence electrons. The summed E-state index contributed by atoms with van der Waals surface area (Å²) in [5, 5.41) is 7.01. The van der Waals surface area contributed by atoms with E-state index in [4.69, 9.17) is 9.26 Å². The van der Waals surface area contributed by atoms with Crippen molar-refractivity contribution in [3.8, 4) is 0 Å². The van der Waals surface area contributed by atoms with Crippen molar-refractivity contribution in [2.45, 2.75) is 39.0 Å². The lowest BCUT2D eigenvalue weighted by atomic mass is 10.1. The Morgan fingerprint density at radius 2 is 2.20 bits per heavy atom. The van der Waals surface area contributed by atoms with Crippen LogP contribution in [-0.2, 0) is 22.7 Å². The Balaban J connectivity index is 1.55. The summed E-state index contributed by atoms with van der Waals surface area (Å²) >= 11 is 0. The molecule has 0 radical (unpaired) electrons. The summed E-state index contributed by atoms with van der Waals surface area (Å²) < 4.78 is 10.3. The number of methoxy groups -OCH3 is 1. The number of nitrogens with one attached hydrogen (secondary N) is 1. The summed E-state index contributed by atoms with van der Waals surface area (Å²) in [5.74, 6) is 1.23. The SMILES string of the molecule is COCc1ccccc1CNC(=O)CN1CCC[C@H]1c1noc(C)n1. The van der Waals surface area contributed by atoms with Gasteiger partial charge in [0.2, 0.25) is 11.8 Å². The van der Waals surface area contributed by atoms with E-state index < -0.39 is 0 Å². The van der Waals surface area contributed by atoms with Gasteiger partial charge in [0, 0.05) is 20.6 Å². The Bertz CT molecular complexity index is 716. The zero-order chi connectivity index (χ0) is 17.6. The molecule has 2 heterocycles. The van der Waals surface area contributed by atoms with Crippen LogP contribution in [0.5, 0.6) is 0 Å². The number of nitrogens with zero attached hydrogens (tertiary/aromatic N) is 3. The maximum Gasteiger partial charge on any atom is 0.234 e. The first-order valence-corrected chi connectivity index (χ1v) is 8.54. The standard InChI is InChI=1S/C18H24N4O3/c1-13-20-18(21-25-13)16-8-5-9-22(16)11-17(23)19-10-14-6-3-4-7-15(14)12-24-2/h3-4,6-7,16H,5,8-12H2,1-2H3,(H,19,23)/t16-/m0/s1. The highest BCUT2D eigenvalue weighted by Crippen LogP contribution is 2.29. The van der Waals surface area contributed by atoms with Crippen molar-refractivity contribution in [3.63, 3.8) is 0 Å². The monoisotopic (exact) mass is 344 g/mol. The average Bonchev–Trinajstić information content (AvgIpc) is 3.23. The minimum Gasteiger partial charge on any atom is -0.380 e. The molecule has 2 aromatic rings. The third-order valence-electron chi connectivity index (χ3n) is 4.45. The second-order valence-corrected chi connectivity index (χ2v) is 6.28. The Morgan fingerprint density at radius 3 is 2.92 bits per heavy atom. The molecule has 1 amide bonds. The number of hydrogen-bond donors (Lipinski definition) is 1. The highest BCUT2D eigenvalue weighted by molar-refractivity contribution is 5.78. The number of aromatic nitrogens is 2. The van der Waals surface area contributed by atoms with Crippen molar-refractivity contribution in [2.24, 2.45) is 0 Å². The molecule has 7 heteroatoms. The number of rotatable bonds is 7. The van der Waals surface area contributed by atoms with Gasteiger partial charge < -0.3 is 14.6 Å². The number of carbonyl (C=O) groups is 1. The molecule has 1 saturated heterocycles. The molecule has 0 unspecified atom stereocenters. The van der Waals surface area contributed by atoms with Crippen LogP contribution in [0.1, 0.15) is 41.7 Å². The molecule has 0 saturated carbocycles. The number of aryl methyl sites for hydroxylation is 1. The van der Waals surface area contributed by atoms with Gasteiger partial charge in [-0.05, 0) is 30.5 Å². The molecule has 1 aromatic heterocycles. The molecule has 0 bridgehead atoms. The predicted octanol–water partition coefficient (Wildman–Crippen LogP) is 1.98. The third-order valence-corrected chi connectivity index (χ3v) is 4.45. The van der Waals surface area contributed by atoms with E-state index in [-0.39, 0.29) is 11.9 Å². The van der Waals surface area contributed by atoms with Gasteiger partial charge in [-0.3, -0.25) is 9.69 Å². The smallest absolute Gasteiger partial charge is 0.234 e. The Labute approximate surface area is 147 Å². The van der Waals surface area contributed by atoms with Crippen LogP contribution in [0.3, 0.4) is 0 Å². The molecule has 0 aliphatic carbocycles. The number of ether oxygens (including phenoxy) is 1. The quantitative estimate of drug-likeness (QED) is 0.827. The van der Waals surface area contributed by atoms with Gasteiger partial charge >= 0.3 is 0 Å². The number of amides is 1. The van der Waals surface area contributed by atoms with Crippen LogP contribution in [0.2, 0.25) is 0 Å². The lowest BCUT2D eigenvalue weighted by molar-refractivity contribution is -0.122. The average molecular weight is 344 g/mol. The van der Waals surface area contributed by atoms with Crippen molar-refractivity contribution < 1.29 is 14.1 Å². The van der Waals surface area contributed by atoms with Crippen molar-refractivity contribution >= 4 is 5.91 Å². The first-order valence-electron chi connectivity index (χ1n) is 8.54. The molecule has 1 atom stereocenters. The van der Waals surface area contributed by atoms with Gasteiger partial charge in [0.15, 0.2) is 5.82 Å². The summed E-state index contributed by atoms with van der Waals surface area (Å²) in [7, 11) is 1.67. The third kappa shape index (κ3) is 4.43. The van der Waals surface area contributed by atoms with Crippen LogP contribution in [-0.4, -0.2) is 41.1 Å². The predicted molar refractivity (Wildman–Crippen MR) is 91.6 cm³/mol. The van der Waals surface area contributed by atoms with Gasteiger partial charge in [0.1, 0.15) is 0 Å². The van der Waals surface area contributed by atoms with E-state index in [1.165, 1.54) is 0 Å². The largest absolute Gasteiger partial charge is 0.380 e. The highest BCUT2D eigenvalue weighted by atomic mass is 16.5. The topological polar surface area (TPSA) is 80.5 Å². The van der Waals surface area contributed by atoms with Crippen LogP contribution >= 0.6 is 0 Å². The minimum absolute atomic E-state index is 0.000614. The number of hydrogen-bond acceptors (Lipinski definition) is 6. The summed E-state index contributed by atoms with van der Waals surface area (Å²) in [5.41, 5.74) is 2.16. The number of benzene rings is 1. The molecule has 1 fully saturated rings. The van der Waals surface area contributed by atoms with E-state index >= 15 is 0 Å². The van der Waals surface area contributed by atoms with E-state index in [2.05, 4.69) is 20.4 Å². The van der Waals surface area contributed by atoms with E-state index in [9.17, 15) is 4.79 Å². The lowest BCUT2D eigenvalue weighted by Gasteiger charge is -2.21. The van der Waals surface area contributed by atoms with Crippen LogP contribution < -0.4 is 5.32 Å². The van der Waals surface area contributed by atoms with Crippen LogP contribution in [0, 0.1) is 6.92 Å². The normalized spacial score (nSPS) is 17.8. The molecule has 1 aliphatic rings. The fourth-order valence-electron chi connectivity index (χ4n) is 3.22. The van der Waals surface area contributed by atoms with Gasteiger partial charge in [-0.1, -0.05) is 29.4 Å². The second-order valence-electron chi connectivity index (χ2n) is 6.28. The lowest BCUT2D eigenvalue weighted by Crippen LogP contribution is -2.37. The molecule has 1 aliphatic heterocycles. The van der Waals surface area contributed by atoms with E-state index in [1.54, 1.807) is 14.0 Å². The second kappa shape index (κ2) is 8.22. The molecule has 25 heavy (non-hydrogen) atoms. The van der Waals surface area contributed by atoms with Crippen LogP contribution in [0.25, 0.3) is 0 Å². The molecular weight excluding hydrogens is 320 g/mol. The Kier molecular flexibility index (Phi) is 5.78. The molecular formula is C18H24N4O3. The summed E-state index contributed by atoms with van der Waals surface area (Å²) in [6.45, 7) is 4.02. The zero-order valence-electron chi connectivity index (χ0n) is 14.7. The molecule has 3 rings (SSSR count). The Hall–Kier alpha value is -2.25. The van der Waals surface area contributed by atoms with Gasteiger partial charge in [0.05, 0.1) is 19.2 Å². The summed E-state index contributed by atoms with van der Waals surface area (Å²) in [6.07, 6.45) is 1.98. The maximum atomic E-state index is 12.4. The van der Waals surface area contributed by atoms with E-state index in [0.717, 1.165) is 30.5 Å². The van der Waals surface area contributed by atoms with Crippen molar-refractivity contribution in [3.05, 3.63) is 47.1 Å². The van der Waals surface area contributed by atoms with Crippen molar-refractivity contribution in [1.82, 2.24) is 20.4 Å². The molecule has 0 spiro atoms. The van der Waals surface area contributed by atoms with Crippen LogP contribution in [0.4, 0.5) is 0 Å². The van der Waals surface area contributed by atoms with E-state index in [1.807, 2.05) is 24.3 Å². The van der Waals surface area contributed by atoms with Gasteiger partial charge in [-0.25, -0.2) is 0 Å².